The van der Waals surface area contributed by atoms with Crippen LogP contribution >= 0.6 is 7.82 Å². The molecule has 0 rings (SSSR count). The summed E-state index contributed by atoms with van der Waals surface area (Å²) in [4.78, 5) is 34.9. The highest BCUT2D eigenvalue weighted by Gasteiger charge is 2.26. The maximum atomic E-state index is 12.6. The molecule has 10 nitrogen and oxygen atoms in total. The molecule has 0 radical (unpaired) electrons. The van der Waals surface area contributed by atoms with Crippen LogP contribution in [0.1, 0.15) is 187 Å². The van der Waals surface area contributed by atoms with Crippen LogP contribution in [0.3, 0.4) is 0 Å². The van der Waals surface area contributed by atoms with Crippen molar-refractivity contribution < 1.29 is 42.7 Å². The Morgan fingerprint density at radius 3 is 1.52 bits per heavy atom. The Bertz CT molecular complexity index is 1060. The topological polar surface area (TPSA) is 155 Å². The first kappa shape index (κ1) is 53.9. The molecule has 0 fully saturated rings. The molecule has 0 aliphatic rings. The average molecular weight is 812 g/mol. The Hall–Kier alpha value is -2.07. The molecule has 0 saturated carbocycles. The summed E-state index contributed by atoms with van der Waals surface area (Å²) in [6.45, 7) is 1.68. The molecule has 0 heterocycles. The van der Waals surface area contributed by atoms with Crippen LogP contribution in [0, 0.1) is 0 Å². The van der Waals surface area contributed by atoms with E-state index in [2.05, 4.69) is 49.5 Å². The second kappa shape index (κ2) is 42.5. The van der Waals surface area contributed by atoms with Gasteiger partial charge in [0.05, 0.1) is 13.2 Å². The van der Waals surface area contributed by atoms with Crippen LogP contribution in [0.5, 0.6) is 0 Å². The third-order valence-electron chi connectivity index (χ3n) is 9.27. The van der Waals surface area contributed by atoms with Crippen molar-refractivity contribution in [3.8, 4) is 0 Å². The van der Waals surface area contributed by atoms with Gasteiger partial charge in [0.15, 0.2) is 6.10 Å². The van der Waals surface area contributed by atoms with Gasteiger partial charge in [-0.25, -0.2) is 4.57 Å². The maximum absolute atomic E-state index is 12.6. The Kier molecular flexibility index (Phi) is 41.0. The number of aliphatic hydroxyl groups excluding tert-OH is 1. The van der Waals surface area contributed by atoms with Crippen LogP contribution in [0.25, 0.3) is 0 Å². The molecule has 56 heavy (non-hydrogen) atoms. The number of allylic oxidation sites excluding steroid dienone is 8. The molecule has 0 bridgehead atoms. The number of esters is 2. The van der Waals surface area contributed by atoms with Gasteiger partial charge in [-0.05, 0) is 57.8 Å². The van der Waals surface area contributed by atoms with Crippen molar-refractivity contribution >= 4 is 19.8 Å². The summed E-state index contributed by atoms with van der Waals surface area (Å²) < 4.78 is 32.7. The Morgan fingerprint density at radius 1 is 0.571 bits per heavy atom. The van der Waals surface area contributed by atoms with E-state index in [0.717, 1.165) is 70.6 Å². The average Bonchev–Trinajstić information content (AvgIpc) is 3.18. The zero-order valence-electron chi connectivity index (χ0n) is 35.3. The van der Waals surface area contributed by atoms with E-state index in [1.807, 2.05) is 6.08 Å². The lowest BCUT2D eigenvalue weighted by molar-refractivity contribution is -0.161. The van der Waals surface area contributed by atoms with Crippen molar-refractivity contribution in [3.63, 3.8) is 0 Å². The largest absolute Gasteiger partial charge is 0.472 e. The summed E-state index contributed by atoms with van der Waals surface area (Å²) in [5.74, 6) is -0.905. The maximum Gasteiger partial charge on any atom is 0.472 e. The molecular formula is C45H82NO9P. The SMILES string of the molecule is CCCCCCCCCCCCCCCCCCCC(=O)O[C@H](COC(=O)CCC/C=C\C/C=C\C/C=C\C/C=C\CCCCCO)COP(=O)(O)OCCN. The minimum atomic E-state index is -4.39. The van der Waals surface area contributed by atoms with Gasteiger partial charge in [0, 0.05) is 26.0 Å². The molecule has 0 aliphatic carbocycles. The highest BCUT2D eigenvalue weighted by molar-refractivity contribution is 7.47. The van der Waals surface area contributed by atoms with Gasteiger partial charge in [-0.15, -0.1) is 0 Å². The first-order valence-electron chi connectivity index (χ1n) is 22.2. The summed E-state index contributed by atoms with van der Waals surface area (Å²) in [5.41, 5.74) is 5.34. The van der Waals surface area contributed by atoms with E-state index in [1.54, 1.807) is 0 Å². The van der Waals surface area contributed by atoms with Crippen LogP contribution in [-0.2, 0) is 32.7 Å². The number of rotatable bonds is 42. The van der Waals surface area contributed by atoms with Crippen molar-refractivity contribution in [2.24, 2.45) is 5.73 Å². The number of carbonyl (C=O) groups is 2. The van der Waals surface area contributed by atoms with Crippen LogP contribution in [0.15, 0.2) is 48.6 Å². The normalized spacial score (nSPS) is 13.7. The Balaban J connectivity index is 4.21. The van der Waals surface area contributed by atoms with Crippen molar-refractivity contribution in [2.75, 3.05) is 33.0 Å². The van der Waals surface area contributed by atoms with Crippen LogP contribution < -0.4 is 5.73 Å². The number of hydrogen-bond donors (Lipinski definition) is 3. The molecule has 11 heteroatoms. The first-order valence-corrected chi connectivity index (χ1v) is 23.7. The van der Waals surface area contributed by atoms with Crippen LogP contribution in [-0.4, -0.2) is 61.0 Å². The number of phosphoric acid groups is 1. The molecule has 1 unspecified atom stereocenters. The molecule has 0 aromatic rings. The number of carbonyl (C=O) groups excluding carboxylic acids is 2. The third-order valence-corrected chi connectivity index (χ3v) is 10.3. The third kappa shape index (κ3) is 41.6. The molecule has 2 atom stereocenters. The van der Waals surface area contributed by atoms with E-state index >= 15 is 0 Å². The van der Waals surface area contributed by atoms with E-state index in [-0.39, 0.29) is 39.2 Å². The van der Waals surface area contributed by atoms with Gasteiger partial charge >= 0.3 is 19.8 Å². The highest BCUT2D eigenvalue weighted by Crippen LogP contribution is 2.43. The summed E-state index contributed by atoms with van der Waals surface area (Å²) in [7, 11) is -4.39. The number of unbranched alkanes of at least 4 members (excludes halogenated alkanes) is 20. The Labute approximate surface area is 341 Å². The van der Waals surface area contributed by atoms with Gasteiger partial charge in [0.1, 0.15) is 6.61 Å². The lowest BCUT2D eigenvalue weighted by Gasteiger charge is -2.19. The van der Waals surface area contributed by atoms with Gasteiger partial charge in [-0.3, -0.25) is 18.6 Å². The van der Waals surface area contributed by atoms with E-state index in [0.29, 0.717) is 12.8 Å². The summed E-state index contributed by atoms with van der Waals surface area (Å²) in [6.07, 6.45) is 45.9. The fourth-order valence-corrected chi connectivity index (χ4v) is 6.72. The summed E-state index contributed by atoms with van der Waals surface area (Å²) >= 11 is 0. The van der Waals surface area contributed by atoms with Crippen molar-refractivity contribution in [2.45, 2.75) is 193 Å². The molecule has 4 N–H and O–H groups in total. The van der Waals surface area contributed by atoms with Crippen LogP contribution in [0.4, 0.5) is 0 Å². The minimum absolute atomic E-state index is 0.0416. The quantitative estimate of drug-likeness (QED) is 0.0235. The van der Waals surface area contributed by atoms with E-state index in [9.17, 15) is 19.0 Å². The van der Waals surface area contributed by atoms with Gasteiger partial charge in [0.2, 0.25) is 0 Å². The van der Waals surface area contributed by atoms with Crippen LogP contribution in [0.2, 0.25) is 0 Å². The monoisotopic (exact) mass is 812 g/mol. The van der Waals surface area contributed by atoms with Crippen molar-refractivity contribution in [1.82, 2.24) is 0 Å². The van der Waals surface area contributed by atoms with E-state index in [4.69, 9.17) is 29.4 Å². The number of ether oxygens (including phenoxy) is 2. The standard InChI is InChI=1S/C45H82NO9P/c1-2-3-4-5-6-7-8-9-10-12-16-19-22-25-28-31-34-37-45(49)55-43(42-54-56(50,51)53-40-38-46)41-52-44(48)36-33-30-27-24-21-18-15-13-11-14-17-20-23-26-29-32-35-39-47/h11,14-15,18,20,23-24,27,43,47H,2-10,12-13,16-17,19,21-22,25-26,28-42,46H2,1H3,(H,50,51)/b14-11-,18-15-,23-20-,27-24-/t43-/m1/s1. The molecule has 0 aliphatic heterocycles. The second-order valence-corrected chi connectivity index (χ2v) is 16.1. The first-order chi connectivity index (χ1) is 27.3. The highest BCUT2D eigenvalue weighted by atomic mass is 31.2. The zero-order chi connectivity index (χ0) is 41.1. The summed E-state index contributed by atoms with van der Waals surface area (Å²) in [6, 6.07) is 0. The molecular weight excluding hydrogens is 729 g/mol. The summed E-state index contributed by atoms with van der Waals surface area (Å²) in [5, 5.41) is 8.79. The molecule has 0 saturated heterocycles. The second-order valence-electron chi connectivity index (χ2n) is 14.6. The fourth-order valence-electron chi connectivity index (χ4n) is 5.96. The molecule has 0 aromatic carbocycles. The van der Waals surface area contributed by atoms with Gasteiger partial charge in [-0.1, -0.05) is 165 Å². The number of nitrogens with two attached hydrogens (primary N) is 1. The number of phosphoric ester groups is 1. The van der Waals surface area contributed by atoms with E-state index in [1.165, 1.54) is 83.5 Å². The van der Waals surface area contributed by atoms with Gasteiger partial charge in [0.25, 0.3) is 0 Å². The molecule has 0 amide bonds. The predicted molar refractivity (Wildman–Crippen MR) is 230 cm³/mol. The molecule has 0 spiro atoms. The van der Waals surface area contributed by atoms with E-state index < -0.39 is 32.5 Å². The van der Waals surface area contributed by atoms with Crippen molar-refractivity contribution in [1.29, 1.82) is 0 Å². The fraction of sp³-hybridized carbons (Fsp3) is 0.778. The zero-order valence-corrected chi connectivity index (χ0v) is 36.2. The lowest BCUT2D eigenvalue weighted by atomic mass is 10.0. The smallest absolute Gasteiger partial charge is 0.462 e. The Morgan fingerprint density at radius 2 is 1.02 bits per heavy atom. The minimum Gasteiger partial charge on any atom is -0.462 e. The van der Waals surface area contributed by atoms with Gasteiger partial charge < -0.3 is 25.2 Å². The number of hydrogen-bond acceptors (Lipinski definition) is 9. The molecule has 326 valence electrons. The lowest BCUT2D eigenvalue weighted by Crippen LogP contribution is -2.29. The predicted octanol–water partition coefficient (Wildman–Crippen LogP) is 11.7. The molecule has 0 aromatic heterocycles. The van der Waals surface area contributed by atoms with Gasteiger partial charge in [-0.2, -0.15) is 0 Å². The van der Waals surface area contributed by atoms with Crippen molar-refractivity contribution in [3.05, 3.63) is 48.6 Å². The number of aliphatic hydroxyl groups is 1.